The second-order valence-electron chi connectivity index (χ2n) is 4.29. The first kappa shape index (κ1) is 12.4. The number of aromatic nitrogens is 1. The predicted octanol–water partition coefficient (Wildman–Crippen LogP) is 2.16. The summed E-state index contributed by atoms with van der Waals surface area (Å²) in [6, 6.07) is 3.85. The van der Waals surface area contributed by atoms with Crippen molar-refractivity contribution >= 4 is 11.6 Å². The summed E-state index contributed by atoms with van der Waals surface area (Å²) in [5.41, 5.74) is 0.624. The van der Waals surface area contributed by atoms with Gasteiger partial charge in [0.05, 0.1) is 6.61 Å². The van der Waals surface area contributed by atoms with Crippen LogP contribution in [0.15, 0.2) is 18.3 Å². The lowest BCUT2D eigenvalue weighted by Crippen LogP contribution is -2.44. The van der Waals surface area contributed by atoms with E-state index >= 15 is 0 Å². The fourth-order valence-corrected chi connectivity index (χ4v) is 1.71. The van der Waals surface area contributed by atoms with Crippen molar-refractivity contribution in [2.24, 2.45) is 0 Å². The molecule has 1 unspecified atom stereocenters. The molecule has 1 atom stereocenters. The van der Waals surface area contributed by atoms with Crippen molar-refractivity contribution in [1.82, 2.24) is 10.3 Å². The summed E-state index contributed by atoms with van der Waals surface area (Å²) in [5.74, 6) is 0. The van der Waals surface area contributed by atoms with E-state index in [0.717, 1.165) is 5.56 Å². The fraction of sp³-hybridized carbons (Fsp3) is 0.545. The molecule has 0 fully saturated rings. The second-order valence-corrected chi connectivity index (χ2v) is 4.65. The number of pyridine rings is 1. The highest BCUT2D eigenvalue weighted by molar-refractivity contribution is 6.30. The van der Waals surface area contributed by atoms with E-state index in [1.165, 1.54) is 0 Å². The molecule has 2 N–H and O–H groups in total. The van der Waals surface area contributed by atoms with Gasteiger partial charge in [-0.15, -0.1) is 0 Å². The monoisotopic (exact) mass is 228 g/mol. The molecular weight excluding hydrogens is 212 g/mol. The molecule has 3 nitrogen and oxygen atoms in total. The molecule has 0 amide bonds. The van der Waals surface area contributed by atoms with E-state index in [9.17, 15) is 0 Å². The minimum absolute atomic E-state index is 0.0633. The second kappa shape index (κ2) is 4.92. The SMILES string of the molecule is CC(NC(C)(C)CO)c1cccnc1Cl. The Morgan fingerprint density at radius 2 is 2.27 bits per heavy atom. The van der Waals surface area contributed by atoms with Gasteiger partial charge in [0.2, 0.25) is 0 Å². The van der Waals surface area contributed by atoms with Gasteiger partial charge in [-0.2, -0.15) is 0 Å². The number of rotatable bonds is 4. The van der Waals surface area contributed by atoms with Gasteiger partial charge in [-0.05, 0) is 26.8 Å². The molecule has 0 aliphatic rings. The van der Waals surface area contributed by atoms with Crippen LogP contribution in [0.25, 0.3) is 0 Å². The van der Waals surface area contributed by atoms with Crippen molar-refractivity contribution < 1.29 is 5.11 Å². The molecule has 1 aromatic heterocycles. The van der Waals surface area contributed by atoms with Crippen LogP contribution in [0.3, 0.4) is 0 Å². The van der Waals surface area contributed by atoms with Crippen molar-refractivity contribution in [2.75, 3.05) is 6.61 Å². The molecule has 0 aliphatic carbocycles. The topological polar surface area (TPSA) is 45.1 Å². The average Bonchev–Trinajstić information content (AvgIpc) is 2.17. The van der Waals surface area contributed by atoms with Crippen molar-refractivity contribution in [2.45, 2.75) is 32.4 Å². The van der Waals surface area contributed by atoms with Gasteiger partial charge in [0.1, 0.15) is 5.15 Å². The maximum atomic E-state index is 9.15. The van der Waals surface area contributed by atoms with Crippen LogP contribution in [-0.4, -0.2) is 22.2 Å². The van der Waals surface area contributed by atoms with E-state index in [0.29, 0.717) is 5.15 Å². The zero-order valence-corrected chi connectivity index (χ0v) is 10.0. The number of aliphatic hydroxyl groups excluding tert-OH is 1. The van der Waals surface area contributed by atoms with E-state index in [1.54, 1.807) is 6.20 Å². The van der Waals surface area contributed by atoms with Crippen LogP contribution >= 0.6 is 11.6 Å². The maximum Gasteiger partial charge on any atom is 0.133 e. The Morgan fingerprint density at radius 3 is 2.80 bits per heavy atom. The summed E-state index contributed by atoms with van der Waals surface area (Å²) < 4.78 is 0. The highest BCUT2D eigenvalue weighted by atomic mass is 35.5. The summed E-state index contributed by atoms with van der Waals surface area (Å²) in [7, 11) is 0. The lowest BCUT2D eigenvalue weighted by molar-refractivity contribution is 0.178. The first-order valence-electron chi connectivity index (χ1n) is 4.95. The first-order valence-corrected chi connectivity index (χ1v) is 5.33. The van der Waals surface area contributed by atoms with Crippen molar-refractivity contribution in [3.63, 3.8) is 0 Å². The molecular formula is C11H17ClN2O. The normalized spacial score (nSPS) is 13.9. The minimum atomic E-state index is -0.321. The zero-order valence-electron chi connectivity index (χ0n) is 9.29. The first-order chi connectivity index (χ1) is 6.96. The molecule has 0 radical (unpaired) electrons. The third-order valence-electron chi connectivity index (χ3n) is 2.26. The maximum absolute atomic E-state index is 9.15. The smallest absolute Gasteiger partial charge is 0.133 e. The molecule has 0 saturated carbocycles. The van der Waals surface area contributed by atoms with Gasteiger partial charge >= 0.3 is 0 Å². The van der Waals surface area contributed by atoms with Crippen molar-refractivity contribution in [1.29, 1.82) is 0 Å². The van der Waals surface area contributed by atoms with Gasteiger partial charge in [0.15, 0.2) is 0 Å². The molecule has 0 spiro atoms. The quantitative estimate of drug-likeness (QED) is 0.777. The lowest BCUT2D eigenvalue weighted by Gasteiger charge is -2.28. The van der Waals surface area contributed by atoms with Crippen LogP contribution < -0.4 is 5.32 Å². The Bertz CT molecular complexity index is 328. The van der Waals surface area contributed by atoms with Crippen LogP contribution in [0.4, 0.5) is 0 Å². The van der Waals surface area contributed by atoms with E-state index in [4.69, 9.17) is 16.7 Å². The molecule has 4 heteroatoms. The molecule has 0 bridgehead atoms. The third kappa shape index (κ3) is 3.45. The van der Waals surface area contributed by atoms with Gasteiger partial charge < -0.3 is 10.4 Å². The van der Waals surface area contributed by atoms with Crippen LogP contribution in [-0.2, 0) is 0 Å². The average molecular weight is 229 g/mol. The van der Waals surface area contributed by atoms with Crippen molar-refractivity contribution in [3.05, 3.63) is 29.0 Å². The summed E-state index contributed by atoms with van der Waals surface area (Å²) in [5, 5.41) is 12.9. The fourth-order valence-electron chi connectivity index (χ4n) is 1.43. The third-order valence-corrected chi connectivity index (χ3v) is 2.57. The molecule has 84 valence electrons. The Kier molecular flexibility index (Phi) is 4.08. The minimum Gasteiger partial charge on any atom is -0.394 e. The van der Waals surface area contributed by atoms with Gasteiger partial charge in [0.25, 0.3) is 0 Å². The van der Waals surface area contributed by atoms with Crippen LogP contribution in [0.1, 0.15) is 32.4 Å². The molecule has 1 heterocycles. The Morgan fingerprint density at radius 1 is 1.60 bits per heavy atom. The molecule has 1 rings (SSSR count). The lowest BCUT2D eigenvalue weighted by atomic mass is 10.0. The largest absolute Gasteiger partial charge is 0.394 e. The molecule has 15 heavy (non-hydrogen) atoms. The summed E-state index contributed by atoms with van der Waals surface area (Å²) in [4.78, 5) is 4.02. The highest BCUT2D eigenvalue weighted by Gasteiger charge is 2.20. The Hall–Kier alpha value is -0.640. The molecule has 1 aromatic rings. The van der Waals surface area contributed by atoms with Gasteiger partial charge in [0, 0.05) is 23.3 Å². The Balaban J connectivity index is 2.78. The summed E-state index contributed by atoms with van der Waals surface area (Å²) in [6.07, 6.45) is 1.66. The van der Waals surface area contributed by atoms with E-state index in [-0.39, 0.29) is 18.2 Å². The molecule has 0 aliphatic heterocycles. The van der Waals surface area contributed by atoms with Crippen LogP contribution in [0, 0.1) is 0 Å². The van der Waals surface area contributed by atoms with E-state index in [1.807, 2.05) is 32.9 Å². The van der Waals surface area contributed by atoms with Crippen LogP contribution in [0.2, 0.25) is 5.15 Å². The van der Waals surface area contributed by atoms with E-state index in [2.05, 4.69) is 10.3 Å². The number of nitrogens with one attached hydrogen (secondary N) is 1. The predicted molar refractivity (Wildman–Crippen MR) is 62.0 cm³/mol. The van der Waals surface area contributed by atoms with Crippen LogP contribution in [0.5, 0.6) is 0 Å². The zero-order chi connectivity index (χ0) is 11.5. The van der Waals surface area contributed by atoms with Gasteiger partial charge in [-0.25, -0.2) is 4.98 Å². The van der Waals surface area contributed by atoms with Gasteiger partial charge in [-0.3, -0.25) is 0 Å². The molecule has 0 aromatic carbocycles. The van der Waals surface area contributed by atoms with Crippen molar-refractivity contribution in [3.8, 4) is 0 Å². The molecule has 0 saturated heterocycles. The van der Waals surface area contributed by atoms with Gasteiger partial charge in [-0.1, -0.05) is 17.7 Å². The summed E-state index contributed by atoms with van der Waals surface area (Å²) >= 11 is 5.98. The number of halogens is 1. The number of aliphatic hydroxyl groups is 1. The standard InChI is InChI=1S/C11H17ClN2O/c1-8(14-11(2,3)7-15)9-5-4-6-13-10(9)12/h4-6,8,14-15H,7H2,1-3H3. The Labute approximate surface area is 95.5 Å². The number of nitrogens with zero attached hydrogens (tertiary/aromatic N) is 1. The summed E-state index contributed by atoms with van der Waals surface area (Å²) in [6.45, 7) is 5.96. The van der Waals surface area contributed by atoms with E-state index < -0.39 is 0 Å². The number of hydrogen-bond donors (Lipinski definition) is 2. The highest BCUT2D eigenvalue weighted by Crippen LogP contribution is 2.21. The number of hydrogen-bond acceptors (Lipinski definition) is 3.